The molecule has 0 aromatic heterocycles. The van der Waals surface area contributed by atoms with E-state index in [0.717, 1.165) is 11.3 Å². The van der Waals surface area contributed by atoms with Crippen molar-refractivity contribution in [3.63, 3.8) is 0 Å². The van der Waals surface area contributed by atoms with Gasteiger partial charge in [-0.15, -0.1) is 0 Å². The van der Waals surface area contributed by atoms with Crippen molar-refractivity contribution in [3.05, 3.63) is 59.7 Å². The zero-order valence-electron chi connectivity index (χ0n) is 10.6. The molecule has 0 saturated heterocycles. The zero-order chi connectivity index (χ0) is 13.2. The smallest absolute Gasteiger partial charge is 0.177 e. The Balaban J connectivity index is 1.97. The summed E-state index contributed by atoms with van der Waals surface area (Å²) in [6.07, 6.45) is 0. The van der Waals surface area contributed by atoms with Crippen molar-refractivity contribution >= 4 is 5.78 Å². The summed E-state index contributed by atoms with van der Waals surface area (Å²) < 4.78 is 10.9. The molecule has 1 aliphatic rings. The number of methoxy groups -OCH3 is 1. The maximum atomic E-state index is 12.5. The highest BCUT2D eigenvalue weighted by atomic mass is 16.5. The van der Waals surface area contributed by atoms with E-state index >= 15 is 0 Å². The summed E-state index contributed by atoms with van der Waals surface area (Å²) in [5.41, 5.74) is 1.58. The van der Waals surface area contributed by atoms with Gasteiger partial charge in [-0.3, -0.25) is 4.79 Å². The lowest BCUT2D eigenvalue weighted by Crippen LogP contribution is -2.25. The Morgan fingerprint density at radius 3 is 2.84 bits per heavy atom. The van der Waals surface area contributed by atoms with E-state index in [9.17, 15) is 4.79 Å². The number of benzene rings is 2. The highest BCUT2D eigenvalue weighted by molar-refractivity contribution is 6.04. The topological polar surface area (TPSA) is 35.5 Å². The van der Waals surface area contributed by atoms with E-state index in [4.69, 9.17) is 9.47 Å². The molecule has 1 heterocycles. The van der Waals surface area contributed by atoms with E-state index in [1.807, 2.05) is 48.5 Å². The number of hydrogen-bond acceptors (Lipinski definition) is 3. The van der Waals surface area contributed by atoms with Crippen molar-refractivity contribution in [2.45, 2.75) is 5.92 Å². The lowest BCUT2D eigenvalue weighted by atomic mass is 9.89. The van der Waals surface area contributed by atoms with Gasteiger partial charge < -0.3 is 9.47 Å². The molecule has 0 radical (unpaired) electrons. The number of ketones is 1. The molecule has 1 atom stereocenters. The molecule has 3 rings (SSSR count). The van der Waals surface area contributed by atoms with E-state index in [2.05, 4.69) is 0 Å². The van der Waals surface area contributed by atoms with Crippen LogP contribution in [-0.2, 0) is 0 Å². The van der Waals surface area contributed by atoms with Crippen molar-refractivity contribution in [3.8, 4) is 11.5 Å². The molecule has 1 unspecified atom stereocenters. The lowest BCUT2D eigenvalue weighted by Gasteiger charge is -2.24. The third-order valence-corrected chi connectivity index (χ3v) is 3.37. The standard InChI is InChI=1S/C16H14O3/c1-18-12-6-4-5-11(9-12)14-10-19-15-8-3-2-7-13(15)16(14)17/h2-9,14H,10H2,1H3. The molecule has 0 fully saturated rings. The van der Waals surface area contributed by atoms with Crippen LogP contribution in [0.15, 0.2) is 48.5 Å². The molecule has 19 heavy (non-hydrogen) atoms. The van der Waals surface area contributed by atoms with E-state index in [1.165, 1.54) is 0 Å². The average Bonchev–Trinajstić information content (AvgIpc) is 2.48. The molecule has 0 aliphatic carbocycles. The van der Waals surface area contributed by atoms with Gasteiger partial charge in [0.1, 0.15) is 18.1 Å². The Hall–Kier alpha value is -2.29. The summed E-state index contributed by atoms with van der Waals surface area (Å²) >= 11 is 0. The maximum Gasteiger partial charge on any atom is 0.177 e. The fraction of sp³-hybridized carbons (Fsp3) is 0.188. The summed E-state index contributed by atoms with van der Waals surface area (Å²) in [5.74, 6) is 1.27. The first-order valence-corrected chi connectivity index (χ1v) is 6.19. The van der Waals surface area contributed by atoms with Gasteiger partial charge in [-0.1, -0.05) is 24.3 Å². The van der Waals surface area contributed by atoms with Crippen LogP contribution in [0.4, 0.5) is 0 Å². The monoisotopic (exact) mass is 254 g/mol. The molecule has 0 amide bonds. The Morgan fingerprint density at radius 2 is 2.00 bits per heavy atom. The second kappa shape index (κ2) is 4.76. The van der Waals surface area contributed by atoms with Crippen LogP contribution in [0, 0.1) is 0 Å². The molecule has 2 aromatic carbocycles. The Labute approximate surface area is 111 Å². The van der Waals surface area contributed by atoms with Gasteiger partial charge in [0, 0.05) is 0 Å². The van der Waals surface area contributed by atoms with Crippen LogP contribution >= 0.6 is 0 Å². The van der Waals surface area contributed by atoms with Crippen LogP contribution in [0.25, 0.3) is 0 Å². The van der Waals surface area contributed by atoms with Crippen LogP contribution in [0.2, 0.25) is 0 Å². The van der Waals surface area contributed by atoms with Crippen molar-refractivity contribution < 1.29 is 14.3 Å². The third kappa shape index (κ3) is 2.08. The minimum absolute atomic E-state index is 0.107. The van der Waals surface area contributed by atoms with E-state index < -0.39 is 0 Å². The highest BCUT2D eigenvalue weighted by Gasteiger charge is 2.29. The first kappa shape index (κ1) is 11.8. The summed E-state index contributed by atoms with van der Waals surface area (Å²) in [6, 6.07) is 14.9. The van der Waals surface area contributed by atoms with E-state index in [0.29, 0.717) is 17.9 Å². The second-order valence-electron chi connectivity index (χ2n) is 4.50. The predicted molar refractivity (Wildman–Crippen MR) is 72.0 cm³/mol. The minimum atomic E-state index is -0.259. The number of carbonyl (C=O) groups excluding carboxylic acids is 1. The second-order valence-corrected chi connectivity index (χ2v) is 4.50. The summed E-state index contributed by atoms with van der Waals surface area (Å²) in [4.78, 5) is 12.5. The van der Waals surface area contributed by atoms with Crippen molar-refractivity contribution in [1.29, 1.82) is 0 Å². The van der Waals surface area contributed by atoms with Crippen LogP contribution < -0.4 is 9.47 Å². The number of carbonyl (C=O) groups is 1. The lowest BCUT2D eigenvalue weighted by molar-refractivity contribution is 0.0896. The number of fused-ring (bicyclic) bond motifs is 1. The van der Waals surface area contributed by atoms with Crippen LogP contribution in [0.5, 0.6) is 11.5 Å². The summed E-state index contributed by atoms with van der Waals surface area (Å²) in [5, 5.41) is 0. The van der Waals surface area contributed by atoms with Crippen molar-refractivity contribution in [1.82, 2.24) is 0 Å². The number of Topliss-reactive ketones (excluding diaryl/α,β-unsaturated/α-hetero) is 1. The maximum absolute atomic E-state index is 12.5. The fourth-order valence-electron chi connectivity index (χ4n) is 2.34. The molecule has 0 spiro atoms. The van der Waals surface area contributed by atoms with Gasteiger partial charge in [0.05, 0.1) is 18.6 Å². The van der Waals surface area contributed by atoms with Gasteiger partial charge >= 0.3 is 0 Å². The highest BCUT2D eigenvalue weighted by Crippen LogP contribution is 2.33. The molecule has 0 bridgehead atoms. The first-order chi connectivity index (χ1) is 9.29. The quantitative estimate of drug-likeness (QED) is 0.826. The summed E-state index contributed by atoms with van der Waals surface area (Å²) in [7, 11) is 1.62. The molecule has 3 nitrogen and oxygen atoms in total. The molecular formula is C16H14O3. The Kier molecular flexibility index (Phi) is 2.95. The Morgan fingerprint density at radius 1 is 1.16 bits per heavy atom. The predicted octanol–water partition coefficient (Wildman–Crippen LogP) is 3.05. The molecule has 96 valence electrons. The minimum Gasteiger partial charge on any atom is -0.497 e. The number of hydrogen-bond donors (Lipinski definition) is 0. The van der Waals surface area contributed by atoms with Gasteiger partial charge in [0.15, 0.2) is 5.78 Å². The fourth-order valence-corrected chi connectivity index (χ4v) is 2.34. The SMILES string of the molecule is COc1cccc(C2COc3ccccc3C2=O)c1. The molecule has 1 aliphatic heterocycles. The first-order valence-electron chi connectivity index (χ1n) is 6.19. The molecule has 0 N–H and O–H groups in total. The molecule has 2 aromatic rings. The zero-order valence-corrected chi connectivity index (χ0v) is 10.6. The van der Waals surface area contributed by atoms with Crippen LogP contribution in [0.3, 0.4) is 0 Å². The van der Waals surface area contributed by atoms with Gasteiger partial charge in [-0.25, -0.2) is 0 Å². The average molecular weight is 254 g/mol. The Bertz CT molecular complexity index is 619. The van der Waals surface area contributed by atoms with E-state index in [-0.39, 0.29) is 11.7 Å². The van der Waals surface area contributed by atoms with Crippen molar-refractivity contribution in [2.75, 3.05) is 13.7 Å². The summed E-state index contributed by atoms with van der Waals surface area (Å²) in [6.45, 7) is 0.378. The van der Waals surface area contributed by atoms with Crippen LogP contribution in [0.1, 0.15) is 21.8 Å². The van der Waals surface area contributed by atoms with Gasteiger partial charge in [0.25, 0.3) is 0 Å². The largest absolute Gasteiger partial charge is 0.497 e. The number of rotatable bonds is 2. The van der Waals surface area contributed by atoms with Crippen molar-refractivity contribution in [2.24, 2.45) is 0 Å². The number of para-hydroxylation sites is 1. The molecular weight excluding hydrogens is 240 g/mol. The van der Waals surface area contributed by atoms with Crippen LogP contribution in [-0.4, -0.2) is 19.5 Å². The van der Waals surface area contributed by atoms with E-state index in [1.54, 1.807) is 7.11 Å². The van der Waals surface area contributed by atoms with Gasteiger partial charge in [0.2, 0.25) is 0 Å². The molecule has 3 heteroatoms. The molecule has 0 saturated carbocycles. The third-order valence-electron chi connectivity index (χ3n) is 3.37. The normalized spacial score (nSPS) is 17.5. The van der Waals surface area contributed by atoms with Gasteiger partial charge in [-0.2, -0.15) is 0 Å². The van der Waals surface area contributed by atoms with Gasteiger partial charge in [-0.05, 0) is 29.8 Å². The number of ether oxygens (including phenoxy) is 2.